The number of hydrogen-bond donors (Lipinski definition) is 2. The summed E-state index contributed by atoms with van der Waals surface area (Å²) in [6.45, 7) is 0. The highest BCUT2D eigenvalue weighted by Crippen LogP contribution is 2.26. The summed E-state index contributed by atoms with van der Waals surface area (Å²) in [5.74, 6) is -0.637. The van der Waals surface area contributed by atoms with Gasteiger partial charge in [-0.05, 0) is 30.3 Å². The Hall–Kier alpha value is -2.97. The number of methoxy groups -OCH3 is 2. The number of carbonyl (C=O) groups excluding carboxylic acids is 2. The lowest BCUT2D eigenvalue weighted by Crippen LogP contribution is -2.20. The van der Waals surface area contributed by atoms with Gasteiger partial charge in [-0.3, -0.25) is 9.59 Å². The number of anilines is 1. The molecular weight excluding hydrogens is 416 g/mol. The van der Waals surface area contributed by atoms with Crippen molar-refractivity contribution in [3.8, 4) is 5.75 Å². The van der Waals surface area contributed by atoms with Crippen LogP contribution in [0.4, 0.5) is 5.69 Å². The molecule has 0 radical (unpaired) electrons. The molecule has 1 aromatic heterocycles. The fraction of sp³-hybridized carbons (Fsp3) is 0.150. The van der Waals surface area contributed by atoms with Crippen LogP contribution in [0.5, 0.6) is 5.75 Å². The van der Waals surface area contributed by atoms with E-state index in [2.05, 4.69) is 10.3 Å². The first-order chi connectivity index (χ1) is 13.9. The van der Waals surface area contributed by atoms with Gasteiger partial charge in [-0.25, -0.2) is 4.79 Å². The average molecular weight is 433 g/mol. The summed E-state index contributed by atoms with van der Waals surface area (Å²) < 4.78 is 9.95. The van der Waals surface area contributed by atoms with Gasteiger partial charge in [0, 0.05) is 10.4 Å². The Morgan fingerprint density at radius 3 is 2.66 bits per heavy atom. The highest BCUT2D eigenvalue weighted by molar-refractivity contribution is 8.00. The summed E-state index contributed by atoms with van der Waals surface area (Å²) in [7, 11) is 2.70. The summed E-state index contributed by atoms with van der Waals surface area (Å²) in [5.41, 5.74) is 0.341. The molecule has 0 bridgehead atoms. The predicted octanol–water partition coefficient (Wildman–Crippen LogP) is 3.71. The van der Waals surface area contributed by atoms with Gasteiger partial charge < -0.3 is 19.8 Å². The van der Waals surface area contributed by atoms with Gasteiger partial charge in [0.15, 0.2) is 0 Å². The van der Waals surface area contributed by atoms with E-state index in [9.17, 15) is 14.4 Å². The van der Waals surface area contributed by atoms with Gasteiger partial charge in [-0.2, -0.15) is 0 Å². The van der Waals surface area contributed by atoms with Crippen molar-refractivity contribution in [1.29, 1.82) is 0 Å². The Balaban J connectivity index is 1.89. The van der Waals surface area contributed by atoms with Crippen molar-refractivity contribution in [2.75, 3.05) is 25.3 Å². The molecule has 0 aliphatic rings. The monoisotopic (exact) mass is 432 g/mol. The molecule has 1 heterocycles. The largest absolute Gasteiger partial charge is 0.495 e. The van der Waals surface area contributed by atoms with E-state index < -0.39 is 11.4 Å². The Bertz CT molecular complexity index is 1150. The van der Waals surface area contributed by atoms with Crippen LogP contribution in [0.2, 0.25) is 5.02 Å². The molecule has 0 saturated heterocycles. The molecular formula is C20H17ClN2O5S. The van der Waals surface area contributed by atoms with Crippen molar-refractivity contribution in [3.63, 3.8) is 0 Å². The fourth-order valence-corrected chi connectivity index (χ4v) is 3.73. The molecule has 9 heteroatoms. The third-order valence-corrected chi connectivity index (χ3v) is 5.28. The molecule has 0 spiro atoms. The number of aromatic amines is 1. The fourth-order valence-electron chi connectivity index (χ4n) is 2.70. The lowest BCUT2D eigenvalue weighted by atomic mass is 10.1. The Morgan fingerprint density at radius 1 is 1.17 bits per heavy atom. The average Bonchev–Trinajstić information content (AvgIpc) is 2.72. The molecule has 150 valence electrons. The molecule has 0 fully saturated rings. The van der Waals surface area contributed by atoms with E-state index in [4.69, 9.17) is 21.1 Å². The van der Waals surface area contributed by atoms with E-state index in [0.29, 0.717) is 22.0 Å². The van der Waals surface area contributed by atoms with Gasteiger partial charge in [-0.1, -0.05) is 35.5 Å². The highest BCUT2D eigenvalue weighted by Gasteiger charge is 2.21. The maximum absolute atomic E-state index is 12.8. The van der Waals surface area contributed by atoms with Gasteiger partial charge in [-0.15, -0.1) is 0 Å². The van der Waals surface area contributed by atoms with Crippen molar-refractivity contribution < 1.29 is 19.1 Å². The second-order valence-corrected chi connectivity index (χ2v) is 7.30. The predicted molar refractivity (Wildman–Crippen MR) is 113 cm³/mol. The number of rotatable bonds is 6. The molecule has 0 atom stereocenters. The van der Waals surface area contributed by atoms with Crippen LogP contribution in [-0.2, 0) is 9.53 Å². The number of hydrogen-bond acceptors (Lipinski definition) is 6. The Labute approximate surface area is 175 Å². The quantitative estimate of drug-likeness (QED) is 0.455. The van der Waals surface area contributed by atoms with Crippen LogP contribution in [0.15, 0.2) is 52.3 Å². The number of fused-ring (bicyclic) bond motifs is 1. The van der Waals surface area contributed by atoms with E-state index in [1.807, 2.05) is 0 Å². The molecule has 0 unspecified atom stereocenters. The highest BCUT2D eigenvalue weighted by atomic mass is 35.5. The minimum Gasteiger partial charge on any atom is -0.495 e. The molecule has 2 N–H and O–H groups in total. The second-order valence-electron chi connectivity index (χ2n) is 5.88. The zero-order valence-electron chi connectivity index (χ0n) is 15.6. The molecule has 3 rings (SSSR count). The van der Waals surface area contributed by atoms with E-state index in [-0.39, 0.29) is 27.6 Å². The second kappa shape index (κ2) is 9.02. The maximum atomic E-state index is 12.8. The lowest BCUT2D eigenvalue weighted by Gasteiger charge is -2.11. The van der Waals surface area contributed by atoms with Crippen LogP contribution in [0, 0.1) is 0 Å². The van der Waals surface area contributed by atoms with Crippen molar-refractivity contribution in [1.82, 2.24) is 4.98 Å². The van der Waals surface area contributed by atoms with E-state index in [1.165, 1.54) is 20.3 Å². The summed E-state index contributed by atoms with van der Waals surface area (Å²) in [6.07, 6.45) is 0. The van der Waals surface area contributed by atoms with Crippen LogP contribution < -0.4 is 15.5 Å². The minimum atomic E-state index is -0.791. The standard InChI is InChI=1S/C20H17ClN2O5S/c1-27-15-6-4-3-5-14(15)22-16(24)10-29-19-17(20(26)28-2)18(25)12-9-11(21)7-8-13(12)23-19/h3-9H,10H2,1-2H3,(H,22,24)(H,23,25). The molecule has 2 aromatic carbocycles. The van der Waals surface area contributed by atoms with Crippen LogP contribution >= 0.6 is 23.4 Å². The number of thioether (sulfide) groups is 1. The molecule has 1 amide bonds. The number of H-pyrrole nitrogens is 1. The molecule has 0 aliphatic heterocycles. The molecule has 29 heavy (non-hydrogen) atoms. The summed E-state index contributed by atoms with van der Waals surface area (Å²) >= 11 is 6.99. The van der Waals surface area contributed by atoms with Gasteiger partial charge in [0.05, 0.1) is 36.2 Å². The first kappa shape index (κ1) is 20.8. The number of amides is 1. The van der Waals surface area contributed by atoms with Gasteiger partial charge in [0.25, 0.3) is 0 Å². The van der Waals surface area contributed by atoms with E-state index in [1.54, 1.807) is 36.4 Å². The number of benzene rings is 2. The summed E-state index contributed by atoms with van der Waals surface area (Å²) in [6, 6.07) is 11.7. The summed E-state index contributed by atoms with van der Waals surface area (Å²) in [5, 5.41) is 3.62. The van der Waals surface area contributed by atoms with E-state index >= 15 is 0 Å². The van der Waals surface area contributed by atoms with Crippen molar-refractivity contribution in [2.45, 2.75) is 5.03 Å². The number of carbonyl (C=O) groups is 2. The Kier molecular flexibility index (Phi) is 6.46. The van der Waals surface area contributed by atoms with Gasteiger partial charge in [0.1, 0.15) is 11.3 Å². The number of ether oxygens (including phenoxy) is 2. The van der Waals surface area contributed by atoms with Crippen molar-refractivity contribution in [2.24, 2.45) is 0 Å². The maximum Gasteiger partial charge on any atom is 0.344 e. The number of halogens is 1. The molecule has 0 saturated carbocycles. The third kappa shape index (κ3) is 4.55. The number of esters is 1. The first-order valence-corrected chi connectivity index (χ1v) is 9.80. The van der Waals surface area contributed by atoms with Crippen LogP contribution in [0.3, 0.4) is 0 Å². The minimum absolute atomic E-state index is 0.0446. The number of nitrogens with one attached hydrogen (secondary N) is 2. The smallest absolute Gasteiger partial charge is 0.344 e. The normalized spacial score (nSPS) is 10.6. The number of aromatic nitrogens is 1. The van der Waals surface area contributed by atoms with E-state index in [0.717, 1.165) is 11.8 Å². The first-order valence-electron chi connectivity index (χ1n) is 8.44. The molecule has 3 aromatic rings. The van der Waals surface area contributed by atoms with Crippen LogP contribution in [-0.4, -0.2) is 36.8 Å². The zero-order valence-corrected chi connectivity index (χ0v) is 17.1. The SMILES string of the molecule is COC(=O)c1c(SCC(=O)Nc2ccccc2OC)[nH]c2ccc(Cl)cc2c1=O. The van der Waals surface area contributed by atoms with Crippen molar-refractivity contribution in [3.05, 3.63) is 63.3 Å². The molecule has 7 nitrogen and oxygen atoms in total. The van der Waals surface area contributed by atoms with Crippen LogP contribution in [0.25, 0.3) is 10.9 Å². The lowest BCUT2D eigenvalue weighted by molar-refractivity contribution is -0.113. The van der Waals surface area contributed by atoms with Gasteiger partial charge >= 0.3 is 5.97 Å². The number of pyridine rings is 1. The zero-order chi connectivity index (χ0) is 21.0. The van der Waals surface area contributed by atoms with Crippen molar-refractivity contribution >= 4 is 51.8 Å². The third-order valence-electron chi connectivity index (χ3n) is 4.05. The summed E-state index contributed by atoms with van der Waals surface area (Å²) in [4.78, 5) is 40.4. The Morgan fingerprint density at radius 2 is 1.93 bits per heavy atom. The topological polar surface area (TPSA) is 97.5 Å². The number of para-hydroxylation sites is 2. The van der Waals surface area contributed by atoms with Crippen LogP contribution in [0.1, 0.15) is 10.4 Å². The molecule has 0 aliphatic carbocycles. The van der Waals surface area contributed by atoms with Gasteiger partial charge in [0.2, 0.25) is 11.3 Å².